The zero-order valence-corrected chi connectivity index (χ0v) is 10.6. The lowest BCUT2D eigenvalue weighted by molar-refractivity contribution is 0.0687. The zero-order chi connectivity index (χ0) is 13.3. The van der Waals surface area contributed by atoms with Crippen LogP contribution in [0.3, 0.4) is 0 Å². The summed E-state index contributed by atoms with van der Waals surface area (Å²) in [6, 6.07) is 3.65. The summed E-state index contributed by atoms with van der Waals surface area (Å²) in [4.78, 5) is 30.7. The largest absolute Gasteiger partial charge is 0.476 e. The number of pyridine rings is 1. The molecule has 0 saturated carbocycles. The third-order valence-electron chi connectivity index (χ3n) is 2.36. The zero-order valence-electron chi connectivity index (χ0n) is 9.80. The van der Waals surface area contributed by atoms with Gasteiger partial charge >= 0.3 is 5.97 Å². The average Bonchev–Trinajstić information content (AvgIpc) is 2.74. The lowest BCUT2D eigenvalue weighted by Gasteiger charge is -1.98. The summed E-state index contributed by atoms with van der Waals surface area (Å²) < 4.78 is 0. The third-order valence-corrected chi connectivity index (χ3v) is 3.52. The Balaban J connectivity index is 2.61. The molecular formula is C12H10N2O3S. The Morgan fingerprint density at radius 2 is 2.11 bits per heavy atom. The van der Waals surface area contributed by atoms with Crippen molar-refractivity contribution in [1.29, 1.82) is 0 Å². The van der Waals surface area contributed by atoms with Gasteiger partial charge in [-0.3, -0.25) is 9.78 Å². The number of ketones is 1. The van der Waals surface area contributed by atoms with Gasteiger partial charge in [0.05, 0.1) is 0 Å². The number of Topliss-reactive ketones (excluding diaryl/α,β-unsaturated/α-hetero) is 1. The maximum absolute atomic E-state index is 11.4. The molecule has 0 fully saturated rings. The van der Waals surface area contributed by atoms with Crippen molar-refractivity contribution in [2.45, 2.75) is 13.8 Å². The fourth-order valence-corrected chi connectivity index (χ4v) is 2.53. The highest BCUT2D eigenvalue weighted by atomic mass is 32.1. The molecule has 0 bridgehead atoms. The minimum absolute atomic E-state index is 0.155. The monoisotopic (exact) mass is 262 g/mol. The highest BCUT2D eigenvalue weighted by Crippen LogP contribution is 2.29. The van der Waals surface area contributed by atoms with Crippen molar-refractivity contribution in [2.75, 3.05) is 0 Å². The first-order valence-corrected chi connectivity index (χ1v) is 5.99. The Morgan fingerprint density at radius 3 is 2.61 bits per heavy atom. The molecule has 0 aliphatic heterocycles. The topological polar surface area (TPSA) is 80.2 Å². The number of carboxylic acid groups (broad SMARTS) is 1. The number of nitrogens with zero attached hydrogens (tertiary/aromatic N) is 2. The quantitative estimate of drug-likeness (QED) is 0.859. The molecule has 0 atom stereocenters. The first kappa shape index (κ1) is 12.4. The lowest BCUT2D eigenvalue weighted by Crippen LogP contribution is -2.03. The number of aromatic carboxylic acids is 1. The second-order valence-electron chi connectivity index (χ2n) is 3.73. The predicted octanol–water partition coefficient (Wildman–Crippen LogP) is 2.41. The van der Waals surface area contributed by atoms with E-state index in [1.165, 1.54) is 6.92 Å². The van der Waals surface area contributed by atoms with Crippen molar-refractivity contribution in [3.8, 4) is 10.7 Å². The summed E-state index contributed by atoms with van der Waals surface area (Å²) in [5.74, 6) is -1.50. The normalized spacial score (nSPS) is 10.3. The standard InChI is InChI=1S/C12H10N2O3S/c1-6-4-3-5-13-8(6)11-14-9(12(16)17)10(18-11)7(2)15/h3-5H,1-2H3,(H,16,17). The number of aryl methyl sites for hydroxylation is 1. The minimum Gasteiger partial charge on any atom is -0.476 e. The van der Waals surface area contributed by atoms with Crippen LogP contribution in [0.4, 0.5) is 0 Å². The SMILES string of the molecule is CC(=O)c1sc(-c2ncccc2C)nc1C(=O)O. The van der Waals surface area contributed by atoms with E-state index in [0.717, 1.165) is 16.9 Å². The molecule has 0 radical (unpaired) electrons. The van der Waals surface area contributed by atoms with Gasteiger partial charge in [-0.05, 0) is 18.6 Å². The smallest absolute Gasteiger partial charge is 0.356 e. The molecule has 0 aliphatic carbocycles. The molecule has 0 saturated heterocycles. The number of carbonyl (C=O) groups excluding carboxylic acids is 1. The van der Waals surface area contributed by atoms with Crippen LogP contribution in [-0.2, 0) is 0 Å². The van der Waals surface area contributed by atoms with E-state index in [-0.39, 0.29) is 16.4 Å². The molecule has 0 amide bonds. The molecule has 2 aromatic heterocycles. The highest BCUT2D eigenvalue weighted by molar-refractivity contribution is 7.17. The first-order chi connectivity index (χ1) is 8.50. The van der Waals surface area contributed by atoms with Crippen LogP contribution >= 0.6 is 11.3 Å². The molecule has 18 heavy (non-hydrogen) atoms. The van der Waals surface area contributed by atoms with Gasteiger partial charge in [0.1, 0.15) is 15.6 Å². The van der Waals surface area contributed by atoms with Gasteiger partial charge in [0, 0.05) is 13.1 Å². The summed E-state index contributed by atoms with van der Waals surface area (Å²) in [5, 5.41) is 9.47. The molecule has 0 aliphatic rings. The van der Waals surface area contributed by atoms with Crippen molar-refractivity contribution >= 4 is 23.1 Å². The fraction of sp³-hybridized carbons (Fsp3) is 0.167. The van der Waals surface area contributed by atoms with Crippen LogP contribution in [0.5, 0.6) is 0 Å². The molecule has 92 valence electrons. The van der Waals surface area contributed by atoms with E-state index >= 15 is 0 Å². The van der Waals surface area contributed by atoms with E-state index in [4.69, 9.17) is 5.11 Å². The number of carboxylic acids is 1. The maximum Gasteiger partial charge on any atom is 0.356 e. The molecule has 0 spiro atoms. The first-order valence-electron chi connectivity index (χ1n) is 5.17. The second-order valence-corrected chi connectivity index (χ2v) is 4.73. The van der Waals surface area contributed by atoms with Crippen LogP contribution in [0, 0.1) is 6.92 Å². The predicted molar refractivity (Wildman–Crippen MR) is 67.0 cm³/mol. The summed E-state index contributed by atoms with van der Waals surface area (Å²) >= 11 is 1.06. The van der Waals surface area contributed by atoms with Crippen LogP contribution in [-0.4, -0.2) is 26.8 Å². The van der Waals surface area contributed by atoms with Crippen LogP contribution in [0.2, 0.25) is 0 Å². The van der Waals surface area contributed by atoms with Crippen molar-refractivity contribution < 1.29 is 14.7 Å². The van der Waals surface area contributed by atoms with E-state index in [0.29, 0.717) is 10.7 Å². The average molecular weight is 262 g/mol. The van der Waals surface area contributed by atoms with Crippen molar-refractivity contribution in [3.63, 3.8) is 0 Å². The van der Waals surface area contributed by atoms with Crippen molar-refractivity contribution in [3.05, 3.63) is 34.5 Å². The fourth-order valence-electron chi connectivity index (χ4n) is 1.51. The number of rotatable bonds is 3. The van der Waals surface area contributed by atoms with E-state index in [9.17, 15) is 9.59 Å². The lowest BCUT2D eigenvalue weighted by atomic mass is 10.2. The molecule has 0 aromatic carbocycles. The molecule has 2 heterocycles. The van der Waals surface area contributed by atoms with Crippen molar-refractivity contribution in [1.82, 2.24) is 9.97 Å². The Labute approximate surface area is 107 Å². The second kappa shape index (κ2) is 4.66. The Hall–Kier alpha value is -2.08. The van der Waals surface area contributed by atoms with E-state index in [1.807, 2.05) is 13.0 Å². The van der Waals surface area contributed by atoms with Gasteiger partial charge in [0.15, 0.2) is 11.5 Å². The summed E-state index contributed by atoms with van der Waals surface area (Å²) in [6.07, 6.45) is 1.61. The van der Waals surface area contributed by atoms with Gasteiger partial charge in [-0.2, -0.15) is 0 Å². The summed E-state index contributed by atoms with van der Waals surface area (Å²) in [7, 11) is 0. The number of hydrogen-bond donors (Lipinski definition) is 1. The van der Waals surface area contributed by atoms with E-state index < -0.39 is 5.97 Å². The van der Waals surface area contributed by atoms with E-state index in [2.05, 4.69) is 9.97 Å². The minimum atomic E-state index is -1.20. The molecule has 1 N–H and O–H groups in total. The Kier molecular flexibility index (Phi) is 3.20. The number of thiazole rings is 1. The van der Waals surface area contributed by atoms with E-state index in [1.54, 1.807) is 12.3 Å². The number of hydrogen-bond acceptors (Lipinski definition) is 5. The molecule has 5 nitrogen and oxygen atoms in total. The van der Waals surface area contributed by atoms with Crippen molar-refractivity contribution in [2.24, 2.45) is 0 Å². The van der Waals surface area contributed by atoms with Gasteiger partial charge < -0.3 is 5.11 Å². The van der Waals surface area contributed by atoms with Gasteiger partial charge in [0.25, 0.3) is 0 Å². The third kappa shape index (κ3) is 2.14. The molecule has 0 unspecified atom stereocenters. The molecule has 6 heteroatoms. The van der Waals surface area contributed by atoms with Crippen LogP contribution in [0.25, 0.3) is 10.7 Å². The van der Waals surface area contributed by atoms with Gasteiger partial charge in [-0.15, -0.1) is 11.3 Å². The molecular weight excluding hydrogens is 252 g/mol. The van der Waals surface area contributed by atoms with Crippen LogP contribution < -0.4 is 0 Å². The van der Waals surface area contributed by atoms with Gasteiger partial charge in [-0.1, -0.05) is 6.07 Å². The Morgan fingerprint density at radius 1 is 1.39 bits per heavy atom. The number of carbonyl (C=O) groups is 2. The van der Waals surface area contributed by atoms with Gasteiger partial charge in [-0.25, -0.2) is 9.78 Å². The highest BCUT2D eigenvalue weighted by Gasteiger charge is 2.22. The maximum atomic E-state index is 11.4. The Bertz CT molecular complexity index is 603. The molecule has 2 rings (SSSR count). The van der Waals surface area contributed by atoms with Gasteiger partial charge in [0.2, 0.25) is 0 Å². The number of aromatic nitrogens is 2. The summed E-state index contributed by atoms with van der Waals surface area (Å²) in [6.45, 7) is 3.19. The molecule has 2 aromatic rings. The van der Waals surface area contributed by atoms with Crippen LogP contribution in [0.15, 0.2) is 18.3 Å². The summed E-state index contributed by atoms with van der Waals surface area (Å²) in [5.41, 5.74) is 1.29. The van der Waals surface area contributed by atoms with Crippen LogP contribution in [0.1, 0.15) is 32.6 Å².